The number of benzene rings is 2. The Bertz CT molecular complexity index is 876. The van der Waals surface area contributed by atoms with Crippen molar-refractivity contribution in [3.8, 4) is 6.07 Å². The molecule has 3 rings (SSSR count). The minimum Gasteiger partial charge on any atom is -0.326 e. The van der Waals surface area contributed by atoms with E-state index in [1.165, 1.54) is 0 Å². The average Bonchev–Trinajstić information content (AvgIpc) is 2.74. The Morgan fingerprint density at radius 2 is 1.86 bits per heavy atom. The van der Waals surface area contributed by atoms with Crippen LogP contribution in [0.25, 0.3) is 0 Å². The summed E-state index contributed by atoms with van der Waals surface area (Å²) in [4.78, 5) is 27.3. The van der Waals surface area contributed by atoms with Crippen LogP contribution in [0.1, 0.15) is 25.3 Å². The molecule has 0 saturated carbocycles. The molecule has 2 amide bonds. The van der Waals surface area contributed by atoms with E-state index in [9.17, 15) is 9.59 Å². The van der Waals surface area contributed by atoms with Gasteiger partial charge >= 0.3 is 0 Å². The summed E-state index contributed by atoms with van der Waals surface area (Å²) in [5.41, 5.74) is 1.89. The Morgan fingerprint density at radius 3 is 2.61 bits per heavy atom. The Morgan fingerprint density at radius 1 is 1.11 bits per heavy atom. The third-order valence-corrected chi connectivity index (χ3v) is 5.05. The molecule has 1 aliphatic heterocycles. The van der Waals surface area contributed by atoms with Crippen LogP contribution in [0.15, 0.2) is 54.6 Å². The van der Waals surface area contributed by atoms with E-state index >= 15 is 0 Å². The van der Waals surface area contributed by atoms with Crippen LogP contribution in [-0.4, -0.2) is 35.8 Å². The highest BCUT2D eigenvalue weighted by Crippen LogP contribution is 2.21. The van der Waals surface area contributed by atoms with Crippen LogP contribution in [0.5, 0.6) is 0 Å². The van der Waals surface area contributed by atoms with E-state index in [1.54, 1.807) is 24.3 Å². The lowest BCUT2D eigenvalue weighted by Crippen LogP contribution is -2.49. The Kier molecular flexibility index (Phi) is 6.41. The molecule has 6 heteroatoms. The molecule has 2 aromatic rings. The lowest BCUT2D eigenvalue weighted by molar-refractivity contribution is -0.125. The second-order valence-electron chi connectivity index (χ2n) is 7.05. The Hall–Kier alpha value is -3.17. The summed E-state index contributed by atoms with van der Waals surface area (Å²) in [6.45, 7) is 3.17. The molecule has 0 spiro atoms. The first-order valence-corrected chi connectivity index (χ1v) is 9.48. The zero-order chi connectivity index (χ0) is 19.9. The minimum absolute atomic E-state index is 0.00905. The van der Waals surface area contributed by atoms with Gasteiger partial charge in [0.1, 0.15) is 0 Å². The fourth-order valence-electron chi connectivity index (χ4n) is 3.42. The molecule has 2 aromatic carbocycles. The highest BCUT2D eigenvalue weighted by atomic mass is 16.2. The molecule has 1 heterocycles. The van der Waals surface area contributed by atoms with E-state index in [0.29, 0.717) is 17.8 Å². The van der Waals surface area contributed by atoms with Gasteiger partial charge in [-0.2, -0.15) is 5.26 Å². The van der Waals surface area contributed by atoms with Crippen molar-refractivity contribution in [1.29, 1.82) is 5.26 Å². The number of carbonyl (C=O) groups excluding carboxylic acids is 2. The maximum atomic E-state index is 12.6. The standard InChI is InChI=1S/C22H24N4O2/c1-16(21(27)25-20-11-5-7-17(13-20)14-23)26-12-6-8-18(15-26)22(28)24-19-9-3-2-4-10-19/h2-5,7,9-11,13,16,18H,6,8,12,15H2,1H3,(H,24,28)(H,25,27)/t16-,18-/m1/s1. The first-order valence-electron chi connectivity index (χ1n) is 9.48. The van der Waals surface area contributed by atoms with E-state index in [4.69, 9.17) is 5.26 Å². The molecule has 0 aliphatic carbocycles. The number of carbonyl (C=O) groups is 2. The maximum absolute atomic E-state index is 12.6. The zero-order valence-electron chi connectivity index (χ0n) is 15.9. The molecule has 1 aliphatic rings. The van der Waals surface area contributed by atoms with Crippen LogP contribution in [0, 0.1) is 17.2 Å². The molecular weight excluding hydrogens is 352 g/mol. The number of piperidine rings is 1. The van der Waals surface area contributed by atoms with Crippen molar-refractivity contribution in [2.24, 2.45) is 5.92 Å². The molecule has 0 radical (unpaired) electrons. The van der Waals surface area contributed by atoms with Crippen molar-refractivity contribution in [3.05, 3.63) is 60.2 Å². The smallest absolute Gasteiger partial charge is 0.241 e. The number of hydrogen-bond acceptors (Lipinski definition) is 4. The first-order chi connectivity index (χ1) is 13.6. The third-order valence-electron chi connectivity index (χ3n) is 5.05. The van der Waals surface area contributed by atoms with Gasteiger partial charge in [0.05, 0.1) is 23.6 Å². The average molecular weight is 376 g/mol. The maximum Gasteiger partial charge on any atom is 0.241 e. The second kappa shape index (κ2) is 9.16. The molecule has 0 aromatic heterocycles. The highest BCUT2D eigenvalue weighted by molar-refractivity contribution is 5.95. The van der Waals surface area contributed by atoms with Gasteiger partial charge < -0.3 is 10.6 Å². The summed E-state index contributed by atoms with van der Waals surface area (Å²) in [6, 6.07) is 18.0. The number of para-hydroxylation sites is 1. The fourth-order valence-corrected chi connectivity index (χ4v) is 3.42. The van der Waals surface area contributed by atoms with Gasteiger partial charge in [-0.3, -0.25) is 14.5 Å². The van der Waals surface area contributed by atoms with Crippen LogP contribution < -0.4 is 10.6 Å². The number of likely N-dealkylation sites (tertiary alicyclic amines) is 1. The zero-order valence-corrected chi connectivity index (χ0v) is 15.9. The predicted molar refractivity (Wildman–Crippen MR) is 109 cm³/mol. The fraction of sp³-hybridized carbons (Fsp3) is 0.318. The van der Waals surface area contributed by atoms with Crippen molar-refractivity contribution in [2.75, 3.05) is 23.7 Å². The van der Waals surface area contributed by atoms with Gasteiger partial charge in [0.2, 0.25) is 11.8 Å². The quantitative estimate of drug-likeness (QED) is 0.839. The van der Waals surface area contributed by atoms with Crippen molar-refractivity contribution in [3.63, 3.8) is 0 Å². The molecule has 2 N–H and O–H groups in total. The third kappa shape index (κ3) is 4.96. The number of hydrogen-bond donors (Lipinski definition) is 2. The van der Waals surface area contributed by atoms with Gasteiger partial charge in [-0.05, 0) is 56.6 Å². The van der Waals surface area contributed by atoms with E-state index in [2.05, 4.69) is 16.7 Å². The lowest BCUT2D eigenvalue weighted by atomic mass is 9.95. The van der Waals surface area contributed by atoms with Gasteiger partial charge in [-0.1, -0.05) is 24.3 Å². The molecular formula is C22H24N4O2. The number of nitriles is 1. The summed E-state index contributed by atoms with van der Waals surface area (Å²) in [5.74, 6) is -0.296. The molecule has 6 nitrogen and oxygen atoms in total. The molecule has 144 valence electrons. The highest BCUT2D eigenvalue weighted by Gasteiger charge is 2.31. The summed E-state index contributed by atoms with van der Waals surface area (Å²) >= 11 is 0. The van der Waals surface area contributed by atoms with Gasteiger partial charge in [0, 0.05) is 17.9 Å². The predicted octanol–water partition coefficient (Wildman–Crippen LogP) is 3.24. The van der Waals surface area contributed by atoms with Crippen LogP contribution in [0.3, 0.4) is 0 Å². The Balaban J connectivity index is 1.58. The summed E-state index contributed by atoms with van der Waals surface area (Å²) in [5, 5.41) is 14.8. The lowest BCUT2D eigenvalue weighted by Gasteiger charge is -2.35. The monoisotopic (exact) mass is 376 g/mol. The number of amides is 2. The van der Waals surface area contributed by atoms with Crippen LogP contribution in [-0.2, 0) is 9.59 Å². The van der Waals surface area contributed by atoms with E-state index in [-0.39, 0.29) is 23.8 Å². The number of anilines is 2. The Labute approximate surface area is 165 Å². The normalized spacial score (nSPS) is 17.9. The second-order valence-corrected chi connectivity index (χ2v) is 7.05. The molecule has 0 bridgehead atoms. The molecule has 0 unspecified atom stereocenters. The van der Waals surface area contributed by atoms with Crippen LogP contribution >= 0.6 is 0 Å². The molecule has 1 fully saturated rings. The molecule has 28 heavy (non-hydrogen) atoms. The van der Waals surface area contributed by atoms with Crippen molar-refractivity contribution < 1.29 is 9.59 Å². The van der Waals surface area contributed by atoms with Gasteiger partial charge in [-0.25, -0.2) is 0 Å². The number of nitrogens with zero attached hydrogens (tertiary/aromatic N) is 2. The summed E-state index contributed by atoms with van der Waals surface area (Å²) in [7, 11) is 0. The molecule has 1 saturated heterocycles. The van der Waals surface area contributed by atoms with Crippen molar-refractivity contribution in [1.82, 2.24) is 4.90 Å². The van der Waals surface area contributed by atoms with Crippen molar-refractivity contribution in [2.45, 2.75) is 25.8 Å². The van der Waals surface area contributed by atoms with Crippen LogP contribution in [0.4, 0.5) is 11.4 Å². The molecule has 2 atom stereocenters. The van der Waals surface area contributed by atoms with E-state index in [1.807, 2.05) is 42.2 Å². The summed E-state index contributed by atoms with van der Waals surface area (Å²) < 4.78 is 0. The van der Waals surface area contributed by atoms with Gasteiger partial charge in [0.15, 0.2) is 0 Å². The summed E-state index contributed by atoms with van der Waals surface area (Å²) in [6.07, 6.45) is 1.68. The van der Waals surface area contributed by atoms with Crippen LogP contribution in [0.2, 0.25) is 0 Å². The van der Waals surface area contributed by atoms with Gasteiger partial charge in [0.25, 0.3) is 0 Å². The largest absolute Gasteiger partial charge is 0.326 e. The van der Waals surface area contributed by atoms with Gasteiger partial charge in [-0.15, -0.1) is 0 Å². The SMILES string of the molecule is C[C@H](C(=O)Nc1cccc(C#N)c1)N1CCC[C@@H](C(=O)Nc2ccccc2)C1. The minimum atomic E-state index is -0.363. The number of nitrogens with one attached hydrogen (secondary N) is 2. The van der Waals surface area contributed by atoms with E-state index < -0.39 is 0 Å². The topological polar surface area (TPSA) is 85.2 Å². The number of rotatable bonds is 5. The first kappa shape index (κ1) is 19.6. The van der Waals surface area contributed by atoms with Crippen molar-refractivity contribution >= 4 is 23.2 Å². The van der Waals surface area contributed by atoms with E-state index in [0.717, 1.165) is 25.1 Å².